The number of carbonyl (C=O) groups excluding carboxylic acids is 1. The quantitative estimate of drug-likeness (QED) is 0.686. The standard InChI is InChI=1S/C21H22N4O4/c1-25-15(11-29-21(25)26)8-13-4-6-14(7-5-13)24-20-16-9-18(27-2)19(28-3)10-17(16)22-12-23-20/h4-7,9-10,12,15H,8,11H2,1-3H3,(H,22,23,24). The zero-order chi connectivity index (χ0) is 20.4. The van der Waals surface area contributed by atoms with Crippen molar-refractivity contribution in [2.75, 3.05) is 33.2 Å². The Hall–Kier alpha value is -3.55. The van der Waals surface area contributed by atoms with Gasteiger partial charge in [0.1, 0.15) is 18.8 Å². The number of ether oxygens (including phenoxy) is 3. The number of anilines is 2. The third-order valence-corrected chi connectivity index (χ3v) is 5.06. The van der Waals surface area contributed by atoms with Gasteiger partial charge in [-0.25, -0.2) is 14.8 Å². The van der Waals surface area contributed by atoms with Crippen LogP contribution in [0.1, 0.15) is 5.56 Å². The van der Waals surface area contributed by atoms with Crippen LogP contribution in [0.25, 0.3) is 10.9 Å². The number of benzene rings is 2. The highest BCUT2D eigenvalue weighted by Gasteiger charge is 2.29. The zero-order valence-electron chi connectivity index (χ0n) is 16.5. The van der Waals surface area contributed by atoms with E-state index in [0.717, 1.165) is 28.6 Å². The predicted molar refractivity (Wildman–Crippen MR) is 109 cm³/mol. The number of likely N-dealkylation sites (N-methyl/N-ethyl adjacent to an activating group) is 1. The minimum absolute atomic E-state index is 0.0644. The maximum Gasteiger partial charge on any atom is 0.409 e. The predicted octanol–water partition coefficient (Wildman–Crippen LogP) is 3.38. The van der Waals surface area contributed by atoms with E-state index >= 15 is 0 Å². The summed E-state index contributed by atoms with van der Waals surface area (Å²) < 4.78 is 15.8. The zero-order valence-corrected chi connectivity index (χ0v) is 16.5. The molecule has 0 saturated carbocycles. The molecule has 1 aromatic heterocycles. The summed E-state index contributed by atoms with van der Waals surface area (Å²) in [6, 6.07) is 11.8. The smallest absolute Gasteiger partial charge is 0.409 e. The third kappa shape index (κ3) is 3.73. The summed E-state index contributed by atoms with van der Waals surface area (Å²) in [7, 11) is 4.95. The van der Waals surface area contributed by atoms with E-state index in [9.17, 15) is 4.79 Å². The lowest BCUT2D eigenvalue weighted by molar-refractivity contribution is 0.163. The van der Waals surface area contributed by atoms with Crippen molar-refractivity contribution in [2.24, 2.45) is 0 Å². The van der Waals surface area contributed by atoms with Crippen molar-refractivity contribution >= 4 is 28.5 Å². The van der Waals surface area contributed by atoms with Crippen molar-refractivity contribution in [2.45, 2.75) is 12.5 Å². The van der Waals surface area contributed by atoms with E-state index in [1.54, 1.807) is 26.2 Å². The average molecular weight is 394 g/mol. The highest BCUT2D eigenvalue weighted by molar-refractivity contribution is 5.93. The molecule has 1 atom stereocenters. The molecule has 1 fully saturated rings. The van der Waals surface area contributed by atoms with Crippen molar-refractivity contribution in [3.05, 3.63) is 48.3 Å². The number of nitrogens with zero attached hydrogens (tertiary/aromatic N) is 3. The summed E-state index contributed by atoms with van der Waals surface area (Å²) in [5.41, 5.74) is 2.78. The molecule has 1 amide bonds. The number of cyclic esters (lactones) is 1. The van der Waals surface area contributed by atoms with E-state index < -0.39 is 0 Å². The van der Waals surface area contributed by atoms with Crippen molar-refractivity contribution in [1.82, 2.24) is 14.9 Å². The Balaban J connectivity index is 1.55. The Bertz CT molecular complexity index is 1040. The van der Waals surface area contributed by atoms with E-state index in [0.29, 0.717) is 23.9 Å². The second kappa shape index (κ2) is 7.83. The highest BCUT2D eigenvalue weighted by atomic mass is 16.6. The van der Waals surface area contributed by atoms with Crippen molar-refractivity contribution in [3.8, 4) is 11.5 Å². The maximum absolute atomic E-state index is 11.5. The normalized spacial score (nSPS) is 16.0. The van der Waals surface area contributed by atoms with Crippen molar-refractivity contribution < 1.29 is 19.0 Å². The van der Waals surface area contributed by atoms with Crippen LogP contribution in [-0.4, -0.2) is 54.9 Å². The number of rotatable bonds is 6. The summed E-state index contributed by atoms with van der Waals surface area (Å²) >= 11 is 0. The molecule has 1 saturated heterocycles. The maximum atomic E-state index is 11.5. The molecule has 0 radical (unpaired) electrons. The first kappa shape index (κ1) is 18.8. The molecule has 4 rings (SSSR count). The van der Waals surface area contributed by atoms with Gasteiger partial charge in [-0.05, 0) is 30.2 Å². The van der Waals surface area contributed by atoms with Crippen LogP contribution in [0.5, 0.6) is 11.5 Å². The lowest BCUT2D eigenvalue weighted by Gasteiger charge is -2.16. The van der Waals surface area contributed by atoms with Crippen LogP contribution in [0.4, 0.5) is 16.3 Å². The molecule has 29 heavy (non-hydrogen) atoms. The molecule has 0 aliphatic carbocycles. The first-order valence-electron chi connectivity index (χ1n) is 9.21. The van der Waals surface area contributed by atoms with Gasteiger partial charge in [0.05, 0.1) is 25.8 Å². The van der Waals surface area contributed by atoms with E-state index in [4.69, 9.17) is 14.2 Å². The number of nitrogens with one attached hydrogen (secondary N) is 1. The van der Waals surface area contributed by atoms with Crippen LogP contribution in [0, 0.1) is 0 Å². The molecule has 3 aromatic rings. The molecule has 150 valence electrons. The van der Waals surface area contributed by atoms with Gasteiger partial charge in [0.2, 0.25) is 0 Å². The molecule has 2 aromatic carbocycles. The fourth-order valence-electron chi connectivity index (χ4n) is 3.34. The molecule has 8 nitrogen and oxygen atoms in total. The number of hydrogen-bond donors (Lipinski definition) is 1. The lowest BCUT2D eigenvalue weighted by atomic mass is 10.1. The van der Waals surface area contributed by atoms with Gasteiger partial charge in [-0.3, -0.25) is 0 Å². The molecule has 1 aliphatic rings. The van der Waals surface area contributed by atoms with E-state index in [2.05, 4.69) is 15.3 Å². The second-order valence-corrected chi connectivity index (χ2v) is 6.81. The van der Waals surface area contributed by atoms with Gasteiger partial charge < -0.3 is 24.4 Å². The van der Waals surface area contributed by atoms with Gasteiger partial charge in [0.15, 0.2) is 11.5 Å². The van der Waals surface area contributed by atoms with Crippen LogP contribution in [0.3, 0.4) is 0 Å². The topological polar surface area (TPSA) is 85.8 Å². The highest BCUT2D eigenvalue weighted by Crippen LogP contribution is 2.34. The minimum Gasteiger partial charge on any atom is -0.493 e. The van der Waals surface area contributed by atoms with Crippen LogP contribution < -0.4 is 14.8 Å². The first-order valence-corrected chi connectivity index (χ1v) is 9.21. The SMILES string of the molecule is COc1cc2ncnc(Nc3ccc(CC4COC(=O)N4C)cc3)c2cc1OC. The van der Waals surface area contributed by atoms with Crippen molar-refractivity contribution in [1.29, 1.82) is 0 Å². The largest absolute Gasteiger partial charge is 0.493 e. The first-order chi connectivity index (χ1) is 14.1. The van der Waals surface area contributed by atoms with E-state index in [-0.39, 0.29) is 12.1 Å². The molecular weight excluding hydrogens is 372 g/mol. The van der Waals surface area contributed by atoms with E-state index in [1.165, 1.54) is 6.33 Å². The number of methoxy groups -OCH3 is 2. The Morgan fingerprint density at radius 3 is 2.52 bits per heavy atom. The molecule has 0 spiro atoms. The van der Waals surface area contributed by atoms with Gasteiger partial charge >= 0.3 is 6.09 Å². The van der Waals surface area contributed by atoms with Gasteiger partial charge in [0.25, 0.3) is 0 Å². The lowest BCUT2D eigenvalue weighted by Crippen LogP contribution is -2.30. The Morgan fingerprint density at radius 1 is 1.14 bits per heavy atom. The van der Waals surface area contributed by atoms with Crippen LogP contribution >= 0.6 is 0 Å². The van der Waals surface area contributed by atoms with Gasteiger partial charge in [0, 0.05) is 24.2 Å². The number of carbonyl (C=O) groups is 1. The van der Waals surface area contributed by atoms with Crippen LogP contribution in [-0.2, 0) is 11.2 Å². The number of amides is 1. The molecular formula is C21H22N4O4. The fraction of sp³-hybridized carbons (Fsp3) is 0.286. The van der Waals surface area contributed by atoms with Crippen molar-refractivity contribution in [3.63, 3.8) is 0 Å². The summed E-state index contributed by atoms with van der Waals surface area (Å²) in [5.74, 6) is 1.91. The third-order valence-electron chi connectivity index (χ3n) is 5.06. The fourth-order valence-corrected chi connectivity index (χ4v) is 3.34. The number of hydrogen-bond acceptors (Lipinski definition) is 7. The number of fused-ring (bicyclic) bond motifs is 1. The molecule has 1 aliphatic heterocycles. The monoisotopic (exact) mass is 394 g/mol. The summed E-state index contributed by atoms with van der Waals surface area (Å²) in [6.07, 6.45) is 1.99. The minimum atomic E-state index is -0.268. The van der Waals surface area contributed by atoms with Gasteiger partial charge in [-0.15, -0.1) is 0 Å². The Morgan fingerprint density at radius 2 is 1.86 bits per heavy atom. The van der Waals surface area contributed by atoms with Gasteiger partial charge in [-0.2, -0.15) is 0 Å². The summed E-state index contributed by atoms with van der Waals surface area (Å²) in [4.78, 5) is 21.8. The molecule has 0 bridgehead atoms. The average Bonchev–Trinajstić information content (AvgIpc) is 3.06. The summed E-state index contributed by atoms with van der Waals surface area (Å²) in [5, 5.41) is 4.17. The van der Waals surface area contributed by atoms with Crippen LogP contribution in [0.15, 0.2) is 42.7 Å². The molecule has 2 heterocycles. The van der Waals surface area contributed by atoms with Crippen LogP contribution in [0.2, 0.25) is 0 Å². The molecule has 8 heteroatoms. The molecule has 1 N–H and O–H groups in total. The van der Waals surface area contributed by atoms with E-state index in [1.807, 2.05) is 36.4 Å². The number of aromatic nitrogens is 2. The molecule has 1 unspecified atom stereocenters. The second-order valence-electron chi connectivity index (χ2n) is 6.81. The Kier molecular flexibility index (Phi) is 5.07. The summed E-state index contributed by atoms with van der Waals surface area (Å²) in [6.45, 7) is 0.424. The van der Waals surface area contributed by atoms with Gasteiger partial charge in [-0.1, -0.05) is 12.1 Å². The Labute approximate surface area is 168 Å².